The van der Waals surface area contributed by atoms with E-state index in [4.69, 9.17) is 39.1 Å². The van der Waals surface area contributed by atoms with Gasteiger partial charge in [-0.05, 0) is 42.8 Å². The van der Waals surface area contributed by atoms with Crippen LogP contribution in [0.2, 0.25) is 10.0 Å². The first-order valence-corrected chi connectivity index (χ1v) is 7.90. The van der Waals surface area contributed by atoms with Crippen LogP contribution in [0.1, 0.15) is 12.5 Å². The lowest BCUT2D eigenvalue weighted by Gasteiger charge is -2.13. The zero-order chi connectivity index (χ0) is 16.7. The summed E-state index contributed by atoms with van der Waals surface area (Å²) < 4.78 is 11.1. The van der Waals surface area contributed by atoms with Gasteiger partial charge in [-0.3, -0.25) is 0 Å². The molecule has 0 aliphatic heterocycles. The van der Waals surface area contributed by atoms with Gasteiger partial charge in [-0.15, -0.1) is 6.42 Å². The van der Waals surface area contributed by atoms with Crippen LogP contribution < -0.4 is 14.8 Å². The molecule has 3 nitrogen and oxygen atoms in total. The number of anilines is 1. The zero-order valence-corrected chi connectivity index (χ0v) is 14.2. The molecular formula is C18H17Cl2NO2. The fourth-order valence-corrected chi connectivity index (χ4v) is 2.47. The van der Waals surface area contributed by atoms with Crippen molar-refractivity contribution in [2.24, 2.45) is 0 Å². The Labute approximate surface area is 146 Å². The average molecular weight is 350 g/mol. The summed E-state index contributed by atoms with van der Waals surface area (Å²) in [6, 6.07) is 11.1. The SMILES string of the molecule is C#CCOc1ccc(CNc2ccc(Cl)cc2Cl)cc1OCC. The molecule has 0 unspecified atom stereocenters. The van der Waals surface area contributed by atoms with Gasteiger partial charge in [0.25, 0.3) is 0 Å². The van der Waals surface area contributed by atoms with Crippen LogP contribution in [0.15, 0.2) is 36.4 Å². The summed E-state index contributed by atoms with van der Waals surface area (Å²) in [6.45, 7) is 3.27. The lowest BCUT2D eigenvalue weighted by Crippen LogP contribution is -2.03. The van der Waals surface area contributed by atoms with E-state index < -0.39 is 0 Å². The summed E-state index contributed by atoms with van der Waals surface area (Å²) in [4.78, 5) is 0. The minimum atomic E-state index is 0.206. The molecule has 0 fully saturated rings. The molecular weight excluding hydrogens is 333 g/mol. The summed E-state index contributed by atoms with van der Waals surface area (Å²) in [5.74, 6) is 3.75. The summed E-state index contributed by atoms with van der Waals surface area (Å²) >= 11 is 12.0. The average Bonchev–Trinajstić information content (AvgIpc) is 2.53. The smallest absolute Gasteiger partial charge is 0.162 e. The van der Waals surface area contributed by atoms with Crippen molar-refractivity contribution in [1.82, 2.24) is 0 Å². The van der Waals surface area contributed by atoms with Gasteiger partial charge in [0.15, 0.2) is 11.5 Å². The molecule has 0 bridgehead atoms. The molecule has 0 saturated carbocycles. The van der Waals surface area contributed by atoms with Crippen LogP contribution >= 0.6 is 23.2 Å². The molecule has 0 amide bonds. The van der Waals surface area contributed by atoms with Gasteiger partial charge in [-0.25, -0.2) is 0 Å². The highest BCUT2D eigenvalue weighted by Crippen LogP contribution is 2.30. The molecule has 2 aromatic carbocycles. The Morgan fingerprint density at radius 1 is 1.09 bits per heavy atom. The summed E-state index contributed by atoms with van der Waals surface area (Å²) in [6.07, 6.45) is 5.22. The molecule has 2 rings (SSSR count). The largest absolute Gasteiger partial charge is 0.490 e. The molecule has 23 heavy (non-hydrogen) atoms. The van der Waals surface area contributed by atoms with Crippen molar-refractivity contribution in [2.75, 3.05) is 18.5 Å². The van der Waals surface area contributed by atoms with Gasteiger partial charge < -0.3 is 14.8 Å². The molecule has 0 aliphatic rings. The maximum Gasteiger partial charge on any atom is 0.162 e. The first kappa shape index (κ1) is 17.3. The monoisotopic (exact) mass is 349 g/mol. The predicted molar refractivity (Wildman–Crippen MR) is 95.7 cm³/mol. The Bertz CT molecular complexity index is 711. The van der Waals surface area contributed by atoms with E-state index in [9.17, 15) is 0 Å². The van der Waals surface area contributed by atoms with Crippen LogP contribution in [-0.4, -0.2) is 13.2 Å². The minimum absolute atomic E-state index is 0.206. The number of benzene rings is 2. The van der Waals surface area contributed by atoms with Gasteiger partial charge in [0, 0.05) is 11.6 Å². The first-order valence-electron chi connectivity index (χ1n) is 7.15. The van der Waals surface area contributed by atoms with E-state index in [1.165, 1.54) is 0 Å². The van der Waals surface area contributed by atoms with E-state index in [2.05, 4.69) is 11.2 Å². The predicted octanol–water partition coefficient (Wildman–Crippen LogP) is 5.02. The minimum Gasteiger partial charge on any atom is -0.490 e. The standard InChI is InChI=1S/C18H17Cl2NO2/c1-3-9-23-17-8-5-13(10-18(17)22-4-2)12-21-16-7-6-14(19)11-15(16)20/h1,5-8,10-11,21H,4,9,12H2,2H3. The van der Waals surface area contributed by atoms with Crippen LogP contribution in [0, 0.1) is 12.3 Å². The van der Waals surface area contributed by atoms with Crippen molar-refractivity contribution in [3.05, 3.63) is 52.0 Å². The molecule has 0 spiro atoms. The van der Waals surface area contributed by atoms with Crippen LogP contribution in [0.3, 0.4) is 0 Å². The number of terminal acetylenes is 1. The number of halogens is 2. The van der Waals surface area contributed by atoms with Gasteiger partial charge in [0.05, 0.1) is 17.3 Å². The molecule has 2 aromatic rings. The molecule has 120 valence electrons. The van der Waals surface area contributed by atoms with Gasteiger partial charge >= 0.3 is 0 Å². The van der Waals surface area contributed by atoms with E-state index in [1.807, 2.05) is 31.2 Å². The fourth-order valence-electron chi connectivity index (χ4n) is 2.00. The number of rotatable bonds is 7. The Morgan fingerprint density at radius 3 is 2.61 bits per heavy atom. The summed E-state index contributed by atoms with van der Waals surface area (Å²) in [5, 5.41) is 4.45. The molecule has 0 saturated heterocycles. The number of hydrogen-bond acceptors (Lipinski definition) is 3. The third-order valence-corrected chi connectivity index (χ3v) is 3.58. The van der Waals surface area contributed by atoms with Gasteiger partial charge in [0.2, 0.25) is 0 Å². The van der Waals surface area contributed by atoms with Crippen molar-refractivity contribution in [3.8, 4) is 23.8 Å². The highest BCUT2D eigenvalue weighted by atomic mass is 35.5. The molecule has 5 heteroatoms. The second-order valence-electron chi connectivity index (χ2n) is 4.68. The molecule has 0 radical (unpaired) electrons. The van der Waals surface area contributed by atoms with Gasteiger partial charge in [-0.2, -0.15) is 0 Å². The van der Waals surface area contributed by atoms with Crippen molar-refractivity contribution in [1.29, 1.82) is 0 Å². The Hall–Kier alpha value is -2.02. The number of nitrogens with one attached hydrogen (secondary N) is 1. The third kappa shape index (κ3) is 4.99. The molecule has 1 N–H and O–H groups in total. The lowest BCUT2D eigenvalue weighted by atomic mass is 10.2. The van der Waals surface area contributed by atoms with E-state index in [-0.39, 0.29) is 6.61 Å². The van der Waals surface area contributed by atoms with Crippen LogP contribution in [0.5, 0.6) is 11.5 Å². The highest BCUT2D eigenvalue weighted by molar-refractivity contribution is 6.36. The second-order valence-corrected chi connectivity index (χ2v) is 5.53. The molecule has 0 aromatic heterocycles. The van der Waals surface area contributed by atoms with Crippen molar-refractivity contribution in [2.45, 2.75) is 13.5 Å². The van der Waals surface area contributed by atoms with Crippen LogP contribution in [-0.2, 0) is 6.54 Å². The second kappa shape index (κ2) is 8.57. The van der Waals surface area contributed by atoms with Crippen molar-refractivity contribution < 1.29 is 9.47 Å². The fraction of sp³-hybridized carbons (Fsp3) is 0.222. The lowest BCUT2D eigenvalue weighted by molar-refractivity contribution is 0.299. The first-order chi connectivity index (χ1) is 11.1. The third-order valence-electron chi connectivity index (χ3n) is 3.03. The van der Waals surface area contributed by atoms with Crippen molar-refractivity contribution in [3.63, 3.8) is 0 Å². The van der Waals surface area contributed by atoms with Crippen LogP contribution in [0.4, 0.5) is 5.69 Å². The van der Waals surface area contributed by atoms with E-state index in [0.29, 0.717) is 34.7 Å². The number of ether oxygens (including phenoxy) is 2. The maximum atomic E-state index is 6.15. The maximum absolute atomic E-state index is 6.15. The topological polar surface area (TPSA) is 30.5 Å². The van der Waals surface area contributed by atoms with E-state index in [0.717, 1.165) is 11.3 Å². The van der Waals surface area contributed by atoms with Gasteiger partial charge in [-0.1, -0.05) is 35.2 Å². The summed E-state index contributed by atoms with van der Waals surface area (Å²) in [5.41, 5.74) is 1.86. The molecule has 0 heterocycles. The van der Waals surface area contributed by atoms with Gasteiger partial charge in [0.1, 0.15) is 6.61 Å². The Morgan fingerprint density at radius 2 is 1.91 bits per heavy atom. The quantitative estimate of drug-likeness (QED) is 0.712. The number of hydrogen-bond donors (Lipinski definition) is 1. The summed E-state index contributed by atoms with van der Waals surface area (Å²) in [7, 11) is 0. The van der Waals surface area contributed by atoms with Crippen molar-refractivity contribution >= 4 is 28.9 Å². The zero-order valence-electron chi connectivity index (χ0n) is 12.7. The highest BCUT2D eigenvalue weighted by Gasteiger charge is 2.07. The van der Waals surface area contributed by atoms with E-state index >= 15 is 0 Å². The Kier molecular flexibility index (Phi) is 6.46. The molecule has 0 atom stereocenters. The van der Waals surface area contributed by atoms with E-state index in [1.54, 1.807) is 12.1 Å². The van der Waals surface area contributed by atoms with Crippen LogP contribution in [0.25, 0.3) is 0 Å². The Balaban J connectivity index is 2.10. The normalized spacial score (nSPS) is 10.0. The molecule has 0 aliphatic carbocycles.